The highest BCUT2D eigenvalue weighted by Crippen LogP contribution is 2.28. The van der Waals surface area contributed by atoms with E-state index in [4.69, 9.17) is 4.74 Å². The van der Waals surface area contributed by atoms with Crippen molar-refractivity contribution in [3.05, 3.63) is 60.3 Å². The van der Waals surface area contributed by atoms with E-state index in [2.05, 4.69) is 17.6 Å². The van der Waals surface area contributed by atoms with Gasteiger partial charge in [-0.3, -0.25) is 0 Å². The first-order chi connectivity index (χ1) is 9.99. The molecule has 1 fully saturated rings. The van der Waals surface area contributed by atoms with Crippen LogP contribution in [0.4, 0.5) is 13.2 Å². The number of rotatable bonds is 2. The summed E-state index contributed by atoms with van der Waals surface area (Å²) in [4.78, 5) is 2.29. The van der Waals surface area contributed by atoms with Crippen molar-refractivity contribution < 1.29 is 17.9 Å². The molecule has 0 atom stereocenters. The van der Waals surface area contributed by atoms with Crippen molar-refractivity contribution in [2.45, 2.75) is 13.1 Å². The van der Waals surface area contributed by atoms with Gasteiger partial charge in [0.05, 0.1) is 18.8 Å². The van der Waals surface area contributed by atoms with Gasteiger partial charge in [0.25, 0.3) is 0 Å². The molecule has 0 radical (unpaired) electrons. The molecule has 116 valence electrons. The minimum Gasteiger partial charge on any atom is -0.378 e. The Labute approximate surface area is 123 Å². The van der Waals surface area contributed by atoms with Crippen LogP contribution in [0.25, 0.3) is 0 Å². The molecule has 0 unspecified atom stereocenters. The number of hydrogen-bond acceptors (Lipinski definition) is 2. The van der Waals surface area contributed by atoms with Crippen LogP contribution in [0.2, 0.25) is 0 Å². The lowest BCUT2D eigenvalue weighted by Crippen LogP contribution is -2.34. The topological polar surface area (TPSA) is 12.5 Å². The van der Waals surface area contributed by atoms with Crippen LogP contribution in [0.3, 0.4) is 0 Å². The molecule has 0 saturated carbocycles. The first-order valence-electron chi connectivity index (χ1n) is 6.72. The summed E-state index contributed by atoms with van der Waals surface area (Å²) in [6.07, 6.45) is -0.231. The summed E-state index contributed by atoms with van der Waals surface area (Å²) in [7, 11) is 0. The van der Waals surface area contributed by atoms with E-state index in [0.717, 1.165) is 38.4 Å². The second kappa shape index (κ2) is 8.52. The molecule has 2 rings (SSSR count). The van der Waals surface area contributed by atoms with Gasteiger partial charge in [0.2, 0.25) is 0 Å². The zero-order chi connectivity index (χ0) is 15.7. The standard InChI is InChI=1S/C9H15NO.C7H5F3/c1-3-9(4-2)10-5-7-11-8-6-10;8-7(9,10)6-4-2-1-3-5-6/h3-4H,1,5-8H2,2H3;1-5H/b9-4+;. The van der Waals surface area contributed by atoms with E-state index in [1.807, 2.05) is 13.0 Å². The molecular formula is C16H20F3NO. The normalized spacial score (nSPS) is 16.0. The molecular weight excluding hydrogens is 279 g/mol. The Hall–Kier alpha value is -1.75. The van der Waals surface area contributed by atoms with Gasteiger partial charge in [0, 0.05) is 18.8 Å². The van der Waals surface area contributed by atoms with Crippen molar-refractivity contribution in [1.29, 1.82) is 0 Å². The van der Waals surface area contributed by atoms with E-state index in [0.29, 0.717) is 0 Å². The van der Waals surface area contributed by atoms with E-state index in [1.165, 1.54) is 17.8 Å². The van der Waals surface area contributed by atoms with Crippen LogP contribution in [0.1, 0.15) is 12.5 Å². The molecule has 0 bridgehead atoms. The lowest BCUT2D eigenvalue weighted by atomic mass is 10.2. The average Bonchev–Trinajstić information content (AvgIpc) is 2.50. The maximum absolute atomic E-state index is 11.8. The number of nitrogens with zero attached hydrogens (tertiary/aromatic N) is 1. The molecule has 5 heteroatoms. The largest absolute Gasteiger partial charge is 0.416 e. The minimum absolute atomic E-state index is 0.602. The fraction of sp³-hybridized carbons (Fsp3) is 0.375. The van der Waals surface area contributed by atoms with Gasteiger partial charge in [-0.1, -0.05) is 43.0 Å². The lowest BCUT2D eigenvalue weighted by Gasteiger charge is -2.29. The van der Waals surface area contributed by atoms with Crippen LogP contribution in [0, 0.1) is 0 Å². The van der Waals surface area contributed by atoms with E-state index in [9.17, 15) is 13.2 Å². The predicted molar refractivity (Wildman–Crippen MR) is 77.8 cm³/mol. The Balaban J connectivity index is 0.000000211. The summed E-state index contributed by atoms with van der Waals surface area (Å²) in [6.45, 7) is 9.45. The second-order valence-electron chi connectivity index (χ2n) is 4.38. The summed E-state index contributed by atoms with van der Waals surface area (Å²) < 4.78 is 40.6. The monoisotopic (exact) mass is 299 g/mol. The third kappa shape index (κ3) is 6.04. The van der Waals surface area contributed by atoms with Gasteiger partial charge in [-0.2, -0.15) is 13.2 Å². The summed E-state index contributed by atoms with van der Waals surface area (Å²) >= 11 is 0. The Morgan fingerprint density at radius 1 is 1.19 bits per heavy atom. The van der Waals surface area contributed by atoms with Crippen LogP contribution in [0.5, 0.6) is 0 Å². The first-order valence-corrected chi connectivity index (χ1v) is 6.72. The molecule has 21 heavy (non-hydrogen) atoms. The van der Waals surface area contributed by atoms with Crippen LogP contribution >= 0.6 is 0 Å². The van der Waals surface area contributed by atoms with Crippen molar-refractivity contribution >= 4 is 0 Å². The van der Waals surface area contributed by atoms with Gasteiger partial charge in [-0.05, 0) is 13.0 Å². The van der Waals surface area contributed by atoms with Gasteiger partial charge in [-0.15, -0.1) is 0 Å². The Morgan fingerprint density at radius 3 is 2.14 bits per heavy atom. The fourth-order valence-corrected chi connectivity index (χ4v) is 1.88. The molecule has 1 aromatic rings. The van der Waals surface area contributed by atoms with Gasteiger partial charge in [-0.25, -0.2) is 0 Å². The molecule has 0 spiro atoms. The third-order valence-corrected chi connectivity index (χ3v) is 2.98. The smallest absolute Gasteiger partial charge is 0.378 e. The highest BCUT2D eigenvalue weighted by atomic mass is 19.4. The highest BCUT2D eigenvalue weighted by molar-refractivity contribution is 5.17. The molecule has 1 aromatic carbocycles. The molecule has 1 heterocycles. The van der Waals surface area contributed by atoms with Crippen LogP contribution in [-0.2, 0) is 10.9 Å². The van der Waals surface area contributed by atoms with Gasteiger partial charge < -0.3 is 9.64 Å². The number of halogens is 3. The molecule has 1 aliphatic rings. The van der Waals surface area contributed by atoms with Crippen molar-refractivity contribution in [3.8, 4) is 0 Å². The number of hydrogen-bond donors (Lipinski definition) is 0. The highest BCUT2D eigenvalue weighted by Gasteiger charge is 2.29. The van der Waals surface area contributed by atoms with Crippen molar-refractivity contribution in [1.82, 2.24) is 4.90 Å². The lowest BCUT2D eigenvalue weighted by molar-refractivity contribution is -0.137. The number of allylic oxidation sites excluding steroid dienone is 2. The molecule has 1 saturated heterocycles. The van der Waals surface area contributed by atoms with E-state index in [-0.39, 0.29) is 0 Å². The molecule has 1 aliphatic heterocycles. The van der Waals surface area contributed by atoms with Crippen molar-refractivity contribution in [2.24, 2.45) is 0 Å². The Kier molecular flexibility index (Phi) is 7.02. The molecule has 2 nitrogen and oxygen atoms in total. The molecule has 0 aromatic heterocycles. The van der Waals surface area contributed by atoms with E-state index < -0.39 is 11.7 Å². The van der Waals surface area contributed by atoms with Crippen LogP contribution in [-0.4, -0.2) is 31.2 Å². The zero-order valence-corrected chi connectivity index (χ0v) is 12.1. The van der Waals surface area contributed by atoms with Gasteiger partial charge in [0.15, 0.2) is 0 Å². The maximum Gasteiger partial charge on any atom is 0.416 e. The summed E-state index contributed by atoms with van der Waals surface area (Å²) in [5.41, 5.74) is 0.614. The number of morpholine rings is 1. The minimum atomic E-state index is -4.21. The number of alkyl halides is 3. The predicted octanol–water partition coefficient (Wildman–Crippen LogP) is 4.11. The maximum atomic E-state index is 11.8. The van der Waals surface area contributed by atoms with Crippen molar-refractivity contribution in [2.75, 3.05) is 26.3 Å². The summed E-state index contributed by atoms with van der Waals surface area (Å²) in [5.74, 6) is 0. The summed E-state index contributed by atoms with van der Waals surface area (Å²) in [5, 5.41) is 0. The number of ether oxygens (including phenoxy) is 1. The quantitative estimate of drug-likeness (QED) is 0.762. The summed E-state index contributed by atoms with van der Waals surface area (Å²) in [6, 6.07) is 6.36. The fourth-order valence-electron chi connectivity index (χ4n) is 1.88. The average molecular weight is 299 g/mol. The van der Waals surface area contributed by atoms with Crippen LogP contribution in [0.15, 0.2) is 54.8 Å². The van der Waals surface area contributed by atoms with Crippen LogP contribution < -0.4 is 0 Å². The van der Waals surface area contributed by atoms with E-state index in [1.54, 1.807) is 6.07 Å². The third-order valence-electron chi connectivity index (χ3n) is 2.98. The van der Waals surface area contributed by atoms with E-state index >= 15 is 0 Å². The Morgan fingerprint density at radius 2 is 1.76 bits per heavy atom. The SMILES string of the molecule is C=C/C(=C\C)N1CCOCC1.FC(F)(F)c1ccccc1. The van der Waals surface area contributed by atoms with Gasteiger partial charge in [0.1, 0.15) is 0 Å². The zero-order valence-electron chi connectivity index (χ0n) is 12.1. The second-order valence-corrected chi connectivity index (χ2v) is 4.38. The van der Waals surface area contributed by atoms with Crippen molar-refractivity contribution in [3.63, 3.8) is 0 Å². The molecule has 0 amide bonds. The Bertz CT molecular complexity index is 448. The molecule has 0 N–H and O–H groups in total. The molecule has 0 aliphatic carbocycles. The number of benzene rings is 1. The first kappa shape index (κ1) is 17.3. The van der Waals surface area contributed by atoms with Gasteiger partial charge >= 0.3 is 6.18 Å².